The third-order valence-corrected chi connectivity index (χ3v) is 16.9. The molecule has 19 heteroatoms. The average molecular weight is 1340 g/mol. The zero-order chi connectivity index (χ0) is 68.0. The van der Waals surface area contributed by atoms with Crippen molar-refractivity contribution in [3.8, 4) is 51.3 Å². The second-order valence-electron chi connectivity index (χ2n) is 22.2. The van der Waals surface area contributed by atoms with Gasteiger partial charge in [0.25, 0.3) is 11.8 Å². The largest absolute Gasteiger partial charge is 0.494 e. The molecule has 2 aromatic heterocycles. The van der Waals surface area contributed by atoms with Gasteiger partial charge in [0.15, 0.2) is 0 Å². The molecule has 490 valence electrons. The molecule has 0 bridgehead atoms. The minimum atomic E-state index is -0.771. The van der Waals surface area contributed by atoms with Crippen LogP contribution in [-0.4, -0.2) is 65.3 Å². The number of anilines is 2. The monoisotopic (exact) mass is 1340 g/mol. The standard InChI is InChI=1S/C79H66N6O11S2/c1-4-72(86)84(78-82-70(52-97-78)62-29-27-57-20-12-14-22-60(57)46-62)80-48-64-44-56(51-94-67-33-24-54(25-34-67)26-41-75(89)95-69-39-37-68(38-40-69)93-50-55-18-10-9-11-19-55)45-65(76(64)96-77(90)59-31-35-66(36-32-59)91-42-16-7-8-17-43-92-74(88)6-3)49-81-85(73(87)5-2)79-83-71(53-98-79)63-30-28-58-21-13-15-23-61(58)47-63/h4-6,9-15,18-25,27-40,44-49,52-53H,1-3,7-8,16-17,26,41-43,50-51H2/b80-48+,81-49+. The Bertz CT molecular complexity index is 4550. The van der Waals surface area contributed by atoms with Gasteiger partial charge in [-0.3, -0.25) is 14.4 Å². The molecule has 0 atom stereocenters. The molecule has 17 nitrogen and oxygen atoms in total. The Morgan fingerprint density at radius 1 is 0.459 bits per heavy atom. The summed E-state index contributed by atoms with van der Waals surface area (Å²) in [5, 5.41) is 19.9. The van der Waals surface area contributed by atoms with Crippen LogP contribution in [0.3, 0.4) is 0 Å². The summed E-state index contributed by atoms with van der Waals surface area (Å²) in [7, 11) is 0. The Morgan fingerprint density at radius 3 is 1.50 bits per heavy atom. The second kappa shape index (κ2) is 33.4. The van der Waals surface area contributed by atoms with Gasteiger partial charge in [0.05, 0.1) is 42.6 Å². The summed E-state index contributed by atoms with van der Waals surface area (Å²) >= 11 is 2.39. The van der Waals surface area contributed by atoms with E-state index in [1.165, 1.54) is 35.1 Å². The van der Waals surface area contributed by atoms with Crippen LogP contribution in [0.1, 0.15) is 70.3 Å². The van der Waals surface area contributed by atoms with Gasteiger partial charge in [0.1, 0.15) is 42.0 Å². The van der Waals surface area contributed by atoms with Crippen molar-refractivity contribution in [2.45, 2.75) is 51.7 Å². The van der Waals surface area contributed by atoms with E-state index in [9.17, 15) is 24.0 Å². The van der Waals surface area contributed by atoms with Crippen LogP contribution in [0.4, 0.5) is 10.3 Å². The number of esters is 3. The molecule has 0 aliphatic heterocycles. The average Bonchev–Trinajstić information content (AvgIpc) is 1.24. The summed E-state index contributed by atoms with van der Waals surface area (Å²) in [5.74, 6) is -0.799. The van der Waals surface area contributed by atoms with Crippen molar-refractivity contribution in [2.75, 3.05) is 23.2 Å². The highest BCUT2D eigenvalue weighted by Crippen LogP contribution is 2.34. The van der Waals surface area contributed by atoms with Crippen molar-refractivity contribution in [1.82, 2.24) is 9.97 Å². The number of hydrogen-bond acceptors (Lipinski definition) is 17. The molecule has 11 rings (SSSR count). The van der Waals surface area contributed by atoms with Crippen LogP contribution in [0.2, 0.25) is 0 Å². The molecule has 0 saturated carbocycles. The lowest BCUT2D eigenvalue weighted by Crippen LogP contribution is -2.24. The zero-order valence-corrected chi connectivity index (χ0v) is 54.9. The maximum Gasteiger partial charge on any atom is 0.343 e. The summed E-state index contributed by atoms with van der Waals surface area (Å²) < 4.78 is 35.4. The number of ether oxygens (including phenoxy) is 6. The van der Waals surface area contributed by atoms with Crippen LogP contribution in [0, 0.1) is 0 Å². The summed E-state index contributed by atoms with van der Waals surface area (Å²) in [5.41, 5.74) is 5.86. The molecule has 0 radical (unpaired) electrons. The smallest absolute Gasteiger partial charge is 0.343 e. The van der Waals surface area contributed by atoms with Crippen molar-refractivity contribution in [1.29, 1.82) is 0 Å². The van der Waals surface area contributed by atoms with Gasteiger partial charge in [-0.2, -0.15) is 20.2 Å². The SMILES string of the molecule is C=CC(=O)OCCCCCCOc1ccc(C(=O)Oc2c(/C=N/N(C(=O)C=C)c3nc(-c4ccc5ccccc5c4)cs3)cc(COc3ccc(CCC(=O)Oc4ccc(OCc5ccccc5)cc4)cc3)cc2/C=N/N(C(=O)C=C)c2nc(-c3ccc4ccccc4c3)cs2)cc1. The van der Waals surface area contributed by atoms with Gasteiger partial charge in [-0.15, -0.1) is 22.7 Å². The third-order valence-electron chi connectivity index (χ3n) is 15.3. The van der Waals surface area contributed by atoms with Gasteiger partial charge < -0.3 is 28.4 Å². The number of aryl methyl sites for hydroxylation is 1. The van der Waals surface area contributed by atoms with Crippen LogP contribution < -0.4 is 33.7 Å². The number of amides is 2. The minimum absolute atomic E-state index is 0.0532. The van der Waals surface area contributed by atoms with Crippen molar-refractivity contribution >= 4 is 96.6 Å². The van der Waals surface area contributed by atoms with Crippen LogP contribution in [0.5, 0.6) is 28.7 Å². The number of benzene rings is 9. The highest BCUT2D eigenvalue weighted by Gasteiger charge is 2.23. The molecular weight excluding hydrogens is 1270 g/mol. The minimum Gasteiger partial charge on any atom is -0.494 e. The van der Waals surface area contributed by atoms with E-state index in [1.54, 1.807) is 72.8 Å². The lowest BCUT2D eigenvalue weighted by Gasteiger charge is -2.16. The molecule has 0 spiro atoms. The molecule has 0 aliphatic carbocycles. The van der Waals surface area contributed by atoms with E-state index in [0.29, 0.717) is 72.6 Å². The first kappa shape index (κ1) is 67.5. The maximum absolute atomic E-state index is 14.6. The van der Waals surface area contributed by atoms with Gasteiger partial charge in [-0.1, -0.05) is 135 Å². The molecule has 0 unspecified atom stereocenters. The van der Waals surface area contributed by atoms with Gasteiger partial charge >= 0.3 is 17.9 Å². The van der Waals surface area contributed by atoms with E-state index in [2.05, 4.69) is 19.7 Å². The molecule has 98 heavy (non-hydrogen) atoms. The van der Waals surface area contributed by atoms with Crippen LogP contribution >= 0.6 is 22.7 Å². The predicted molar refractivity (Wildman–Crippen MR) is 386 cm³/mol. The Labute approximate surface area is 574 Å². The molecule has 11 aromatic rings. The van der Waals surface area contributed by atoms with Gasteiger partial charge in [-0.25, -0.2) is 19.6 Å². The number of hydrazone groups is 2. The summed E-state index contributed by atoms with van der Waals surface area (Å²) in [6.45, 7) is 12.0. The molecule has 0 aliphatic rings. The number of carbonyl (C=O) groups excluding carboxylic acids is 5. The quantitative estimate of drug-likeness (QED) is 0.00994. The first-order valence-corrected chi connectivity index (χ1v) is 33.2. The third kappa shape index (κ3) is 18.3. The number of fused-ring (bicyclic) bond motifs is 2. The summed E-state index contributed by atoms with van der Waals surface area (Å²) in [4.78, 5) is 76.5. The highest BCUT2D eigenvalue weighted by molar-refractivity contribution is 7.14. The second-order valence-corrected chi connectivity index (χ2v) is 23.8. The number of carbonyl (C=O) groups is 5. The number of hydrogen-bond donors (Lipinski definition) is 0. The van der Waals surface area contributed by atoms with Crippen molar-refractivity contribution in [3.05, 3.63) is 282 Å². The number of nitrogens with zero attached hydrogens (tertiary/aromatic N) is 6. The van der Waals surface area contributed by atoms with E-state index >= 15 is 0 Å². The molecule has 9 aromatic carbocycles. The van der Waals surface area contributed by atoms with Crippen LogP contribution in [0.25, 0.3) is 44.1 Å². The fourth-order valence-electron chi connectivity index (χ4n) is 10.1. The van der Waals surface area contributed by atoms with E-state index in [0.717, 1.165) is 91.3 Å². The fraction of sp³-hybridized carbons (Fsp3) is 0.127. The first-order chi connectivity index (χ1) is 47.9. The molecular formula is C79H66N6O11S2. The highest BCUT2D eigenvalue weighted by atomic mass is 32.1. The molecule has 0 saturated heterocycles. The molecule has 0 fully saturated rings. The fourth-order valence-corrected chi connectivity index (χ4v) is 11.7. The Morgan fingerprint density at radius 2 is 0.949 bits per heavy atom. The van der Waals surface area contributed by atoms with E-state index in [1.807, 2.05) is 138 Å². The maximum atomic E-state index is 14.6. The van der Waals surface area contributed by atoms with Crippen molar-refractivity contribution < 1.29 is 52.4 Å². The lowest BCUT2D eigenvalue weighted by atomic mass is 10.0. The van der Waals surface area contributed by atoms with E-state index in [-0.39, 0.29) is 45.7 Å². The number of unbranched alkanes of at least 4 members (excludes halogenated alkanes) is 3. The number of thiazole rings is 2. The van der Waals surface area contributed by atoms with E-state index < -0.39 is 29.7 Å². The number of aromatic nitrogens is 2. The molecule has 2 amide bonds. The van der Waals surface area contributed by atoms with Crippen LogP contribution in [0.15, 0.2) is 259 Å². The number of rotatable bonds is 31. The molecule has 2 heterocycles. The van der Waals surface area contributed by atoms with Crippen molar-refractivity contribution in [2.24, 2.45) is 10.2 Å². The normalized spacial score (nSPS) is 11.1. The van der Waals surface area contributed by atoms with Gasteiger partial charge in [0, 0.05) is 45.5 Å². The van der Waals surface area contributed by atoms with Gasteiger partial charge in [0.2, 0.25) is 10.3 Å². The molecule has 0 N–H and O–H groups in total. The van der Waals surface area contributed by atoms with Gasteiger partial charge in [-0.05, 0) is 167 Å². The topological polar surface area (TPSA) is 198 Å². The lowest BCUT2D eigenvalue weighted by molar-refractivity contribution is -0.138. The van der Waals surface area contributed by atoms with Crippen molar-refractivity contribution in [3.63, 3.8) is 0 Å². The summed E-state index contributed by atoms with van der Waals surface area (Å²) in [6.07, 6.45) is 9.79. The Kier molecular flexibility index (Phi) is 23.0. The zero-order valence-electron chi connectivity index (χ0n) is 53.3. The Balaban J connectivity index is 0.883. The first-order valence-electron chi connectivity index (χ1n) is 31.5. The van der Waals surface area contributed by atoms with E-state index in [4.69, 9.17) is 48.6 Å². The predicted octanol–water partition coefficient (Wildman–Crippen LogP) is 16.9. The van der Waals surface area contributed by atoms with Crippen LogP contribution in [-0.2, 0) is 43.5 Å². The summed E-state index contributed by atoms with van der Waals surface area (Å²) in [6, 6.07) is 61.9. The Hall–Kier alpha value is -11.9.